The lowest BCUT2D eigenvalue weighted by molar-refractivity contribution is -0.660. The highest BCUT2D eigenvalue weighted by Crippen LogP contribution is 2.44. The Kier molecular flexibility index (Phi) is 18.1. The molecular formula is C102H118N8O4+4. The lowest BCUT2D eigenvalue weighted by atomic mass is 9.90. The highest BCUT2D eigenvalue weighted by Gasteiger charge is 2.30. The summed E-state index contributed by atoms with van der Waals surface area (Å²) in [7, 11) is 8.17. The molecule has 0 N–H and O–H groups in total. The number of furan rings is 4. The zero-order valence-electron chi connectivity index (χ0n) is 83.2. The first kappa shape index (κ1) is 64.6. The van der Waals surface area contributed by atoms with Crippen LogP contribution in [0.25, 0.3) is 133 Å². The molecule has 1 aliphatic rings. The standard InChI is InChI=1S/C26H29N2O.C26H31N2O.2C25H29N2O/c1-16(2)19-13-14-28(4)23(15-19)24-17(3)9-10-20-21-11-12-22(18-7-5-6-8-18)27-26(21)29-25(20)24;1-16(2)18-12-13-28(7)22(14-18)23-17(3)8-10-20-21-11-9-19(15-26(4,5)6)27-25(21)29-24(20)23;1-15(2)17-12-13-27(7)20(14-17)22-16(3)8-9-18-19-10-11-21(25(4,5)6)26-24(19)28-23(18)22;1-15(2)13-19-8-10-21-20-9-7-17(5)23(24(20)28-25(21)26-19)22-14-18(16(3)4)11-12-27(22)6/h9-16,18H,5-8H2,1-4H3;8-14,16H,15H2,1-7H3;8-15H,1-7H3;7-12,14-16H,13H2,1-6H3/q4*+1/i7D2,18D;4D3,5D3;;1D3,15D. The van der Waals surface area contributed by atoms with E-state index in [1.165, 1.54) is 47.4 Å². The van der Waals surface area contributed by atoms with Gasteiger partial charge in [-0.15, -0.1) is 0 Å². The Morgan fingerprint density at radius 3 is 1.10 bits per heavy atom. The monoisotopic (exact) mass is 1530 g/mol. The molecule has 1 saturated carbocycles. The number of aryl methyl sites for hydroxylation is 8. The summed E-state index contributed by atoms with van der Waals surface area (Å²) in [6.07, 6.45) is 8.13. The predicted molar refractivity (Wildman–Crippen MR) is 469 cm³/mol. The number of aromatic nitrogens is 8. The average molecular weight is 1530 g/mol. The van der Waals surface area contributed by atoms with E-state index in [1.54, 1.807) is 12.1 Å². The van der Waals surface area contributed by atoms with Crippen LogP contribution in [0.4, 0.5) is 0 Å². The van der Waals surface area contributed by atoms with Gasteiger partial charge < -0.3 is 17.7 Å². The number of fused-ring (bicyclic) bond motifs is 12. The number of hydrogen-bond acceptors (Lipinski definition) is 8. The summed E-state index contributed by atoms with van der Waals surface area (Å²) in [5.74, 6) is -1.27. The topological polar surface area (TPSA) is 120 Å². The van der Waals surface area contributed by atoms with Gasteiger partial charge in [-0.1, -0.05) is 172 Å². The van der Waals surface area contributed by atoms with Gasteiger partial charge in [-0.3, -0.25) is 0 Å². The van der Waals surface area contributed by atoms with Crippen LogP contribution in [0.1, 0.15) is 251 Å². The summed E-state index contributed by atoms with van der Waals surface area (Å²) in [5.41, 5.74) is 23.8. The van der Waals surface area contributed by atoms with E-state index in [0.717, 1.165) is 127 Å². The van der Waals surface area contributed by atoms with Crippen LogP contribution in [-0.2, 0) is 46.4 Å². The lowest BCUT2D eigenvalue weighted by Gasteiger charge is -2.16. The van der Waals surface area contributed by atoms with E-state index in [4.69, 9.17) is 45.5 Å². The molecule has 12 nitrogen and oxygen atoms in total. The van der Waals surface area contributed by atoms with Crippen molar-refractivity contribution in [1.82, 2.24) is 19.9 Å². The lowest BCUT2D eigenvalue weighted by Crippen LogP contribution is -2.31. The average Bonchev–Trinajstić information content (AvgIpc) is 1.50. The van der Waals surface area contributed by atoms with E-state index in [1.807, 2.05) is 70.7 Å². The first-order chi connectivity index (χ1) is 59.3. The van der Waals surface area contributed by atoms with Crippen LogP contribution in [0.2, 0.25) is 0 Å². The second-order valence-corrected chi connectivity index (χ2v) is 34.0. The highest BCUT2D eigenvalue weighted by atomic mass is 16.4. The maximum Gasteiger partial charge on any atom is 0.227 e. The Balaban J connectivity index is 0.000000138. The number of rotatable bonds is 12. The molecule has 1 aliphatic carbocycles. The molecule has 4 aromatic carbocycles. The molecule has 12 heteroatoms. The Morgan fingerprint density at radius 2 is 0.754 bits per heavy atom. The molecule has 0 amide bonds. The van der Waals surface area contributed by atoms with Gasteiger partial charge in [0.05, 0.1) is 22.3 Å². The fourth-order valence-corrected chi connectivity index (χ4v) is 15.6. The van der Waals surface area contributed by atoms with Crippen LogP contribution < -0.4 is 18.3 Å². The van der Waals surface area contributed by atoms with Crippen LogP contribution >= 0.6 is 0 Å². The van der Waals surface area contributed by atoms with Crippen LogP contribution in [0.15, 0.2) is 188 Å². The van der Waals surface area contributed by atoms with E-state index < -0.39 is 44.1 Å². The number of hydrogen-bond donors (Lipinski definition) is 0. The molecule has 17 rings (SSSR count). The number of benzene rings is 4. The highest BCUT2D eigenvalue weighted by molar-refractivity contribution is 6.12. The smallest absolute Gasteiger partial charge is 0.227 e. The zero-order chi connectivity index (χ0) is 92.4. The summed E-state index contributed by atoms with van der Waals surface area (Å²) in [5, 5.41) is 7.65. The van der Waals surface area contributed by atoms with Crippen molar-refractivity contribution in [2.45, 2.75) is 212 Å². The second-order valence-electron chi connectivity index (χ2n) is 34.0. The quantitative estimate of drug-likeness (QED) is 0.111. The summed E-state index contributed by atoms with van der Waals surface area (Å²) in [6, 6.07) is 49.5. The summed E-state index contributed by atoms with van der Waals surface area (Å²) in [4.78, 5) is 18.7. The molecule has 2 unspecified atom stereocenters. The normalized spacial score (nSPS) is 17.1. The van der Waals surface area contributed by atoms with Crippen molar-refractivity contribution in [2.24, 2.45) is 39.5 Å². The molecule has 12 heterocycles. The third-order valence-corrected chi connectivity index (χ3v) is 22.4. The Morgan fingerprint density at radius 1 is 0.421 bits per heavy atom. The van der Waals surface area contributed by atoms with Crippen LogP contribution in [0, 0.1) is 39.0 Å². The Hall–Kier alpha value is -10.7. The summed E-state index contributed by atoms with van der Waals surface area (Å²) in [6.45, 7) is 27.4. The third kappa shape index (κ3) is 16.1. The fraction of sp³-hybridized carbons (Fsp3) is 0.373. The van der Waals surface area contributed by atoms with Crippen molar-refractivity contribution in [3.05, 3.63) is 238 Å². The number of pyridine rings is 8. The molecule has 16 aromatic rings. The minimum atomic E-state index is -2.68. The van der Waals surface area contributed by atoms with E-state index in [2.05, 4.69) is 248 Å². The van der Waals surface area contributed by atoms with Gasteiger partial charge in [0.1, 0.15) is 28.2 Å². The van der Waals surface area contributed by atoms with Crippen LogP contribution in [0.5, 0.6) is 0 Å². The minimum Gasteiger partial charge on any atom is -0.437 e. The Bertz CT molecular complexity index is 6920. The molecule has 0 spiro atoms. The molecule has 114 heavy (non-hydrogen) atoms. The maximum absolute atomic E-state index is 8.85. The van der Waals surface area contributed by atoms with Gasteiger partial charge in [-0.25, -0.2) is 38.2 Å². The molecule has 0 radical (unpaired) electrons. The van der Waals surface area contributed by atoms with Gasteiger partial charge in [-0.2, -0.15) is 0 Å². The van der Waals surface area contributed by atoms with Gasteiger partial charge >= 0.3 is 0 Å². The van der Waals surface area contributed by atoms with Crippen molar-refractivity contribution in [3.63, 3.8) is 0 Å². The van der Waals surface area contributed by atoms with Crippen molar-refractivity contribution in [3.8, 4) is 45.0 Å². The molecule has 1 fully saturated rings. The third-order valence-electron chi connectivity index (χ3n) is 22.4. The largest absolute Gasteiger partial charge is 0.437 e. The number of nitrogens with zero attached hydrogens (tertiary/aromatic N) is 8. The molecule has 586 valence electrons. The van der Waals surface area contributed by atoms with Gasteiger partial charge in [-0.05, 0) is 181 Å². The van der Waals surface area contributed by atoms with Crippen molar-refractivity contribution in [1.29, 1.82) is 0 Å². The van der Waals surface area contributed by atoms with Crippen molar-refractivity contribution >= 4 is 88.3 Å². The van der Waals surface area contributed by atoms with E-state index in [9.17, 15) is 0 Å². The zero-order valence-corrected chi connectivity index (χ0v) is 70.2. The van der Waals surface area contributed by atoms with E-state index in [-0.39, 0.29) is 18.3 Å². The molecule has 0 saturated heterocycles. The van der Waals surface area contributed by atoms with Crippen LogP contribution in [0.3, 0.4) is 0 Å². The van der Waals surface area contributed by atoms with Crippen molar-refractivity contribution < 1.29 is 53.8 Å². The SMILES string of the molecule is Cc1ccc2c(oc3nc(C(C)(C)C)ccc32)c1-c1cc(C(C)C)cc[n+]1C.[2H]C([2H])([2H])C(C)(Cc1ccc2c(n1)oc1c(-c3cc(C(C)C)cc[n+]3C)c(C)ccc12)C([2H])([2H])[2H].[2H]C([2H])([2H])C([2H])(C)Cc1ccc2c(n1)oc1c(-c3cc(C(C)C)cc[n+]3C)c(C)ccc12.[2H]C1([2H])CCCC1([2H])c1ccc2c(n1)oc1c(-c3cc(C(C)C)cc[n+]3C)c(C)ccc12. The fourth-order valence-electron chi connectivity index (χ4n) is 15.6. The minimum absolute atomic E-state index is 0.00997. The first-order valence-corrected chi connectivity index (χ1v) is 40.1. The first-order valence-electron chi connectivity index (χ1n) is 46.6. The molecule has 2 atom stereocenters. The van der Waals surface area contributed by atoms with Crippen LogP contribution in [-0.4, -0.2) is 19.9 Å². The molecule has 12 aromatic heterocycles. The predicted octanol–water partition coefficient (Wildman–Crippen LogP) is 25.4. The van der Waals surface area contributed by atoms with E-state index in [0.29, 0.717) is 82.7 Å². The van der Waals surface area contributed by atoms with E-state index >= 15 is 0 Å². The summed E-state index contributed by atoms with van der Waals surface area (Å²) < 4.78 is 138. The molecular weight excluding hydrogens is 1400 g/mol. The van der Waals surface area contributed by atoms with Gasteiger partial charge in [0.25, 0.3) is 0 Å². The maximum atomic E-state index is 8.85. The second kappa shape index (κ2) is 31.9. The van der Waals surface area contributed by atoms with Gasteiger partial charge in [0.2, 0.25) is 45.6 Å². The van der Waals surface area contributed by atoms with Gasteiger partial charge in [0, 0.05) is 144 Å². The van der Waals surface area contributed by atoms with Gasteiger partial charge in [0.15, 0.2) is 47.1 Å². The Labute approximate surface area is 692 Å². The summed E-state index contributed by atoms with van der Waals surface area (Å²) >= 11 is 0. The molecule has 0 aliphatic heterocycles. The molecule has 0 bridgehead atoms. The van der Waals surface area contributed by atoms with Crippen molar-refractivity contribution in [2.75, 3.05) is 0 Å².